The van der Waals surface area contributed by atoms with Gasteiger partial charge in [-0.2, -0.15) is 4.31 Å². The van der Waals surface area contributed by atoms with Crippen molar-refractivity contribution < 1.29 is 18.3 Å². The SMILES string of the molecule is CC(C)N1[C@H](Cc2ccccc2OCc2ccccn2)[C@H](O)c2ccccc2S1(=O)=O. The van der Waals surface area contributed by atoms with Crippen molar-refractivity contribution in [2.45, 2.75) is 50.0 Å². The highest BCUT2D eigenvalue weighted by Gasteiger charge is 2.45. The first-order valence-corrected chi connectivity index (χ1v) is 11.7. The molecule has 2 aromatic carbocycles. The highest BCUT2D eigenvalue weighted by molar-refractivity contribution is 7.89. The predicted molar refractivity (Wildman–Crippen MR) is 118 cm³/mol. The average molecular weight is 439 g/mol. The maximum Gasteiger partial charge on any atom is 0.244 e. The maximum absolute atomic E-state index is 13.4. The summed E-state index contributed by atoms with van der Waals surface area (Å²) in [7, 11) is -3.73. The fraction of sp³-hybridized carbons (Fsp3) is 0.292. The van der Waals surface area contributed by atoms with Crippen molar-refractivity contribution in [2.24, 2.45) is 0 Å². The normalized spacial score (nSPS) is 20.4. The number of sulfonamides is 1. The van der Waals surface area contributed by atoms with Crippen LogP contribution in [-0.4, -0.2) is 34.9 Å². The minimum absolute atomic E-state index is 0.173. The van der Waals surface area contributed by atoms with Gasteiger partial charge in [0.05, 0.1) is 22.7 Å². The second-order valence-corrected chi connectivity index (χ2v) is 9.71. The Labute approximate surface area is 183 Å². The molecule has 1 N–H and O–H groups in total. The molecule has 4 rings (SSSR count). The summed E-state index contributed by atoms with van der Waals surface area (Å²) in [4.78, 5) is 4.45. The van der Waals surface area contributed by atoms with Crippen LogP contribution in [0.3, 0.4) is 0 Å². The summed E-state index contributed by atoms with van der Waals surface area (Å²) in [5.74, 6) is 0.653. The van der Waals surface area contributed by atoms with E-state index in [1.165, 1.54) is 4.31 Å². The lowest BCUT2D eigenvalue weighted by molar-refractivity contribution is 0.0680. The first-order valence-electron chi connectivity index (χ1n) is 10.3. The van der Waals surface area contributed by atoms with Crippen LogP contribution in [0.25, 0.3) is 0 Å². The van der Waals surface area contributed by atoms with Gasteiger partial charge in [0.25, 0.3) is 0 Å². The maximum atomic E-state index is 13.4. The quantitative estimate of drug-likeness (QED) is 0.635. The Morgan fingerprint density at radius 3 is 2.48 bits per heavy atom. The number of para-hydroxylation sites is 1. The molecule has 0 unspecified atom stereocenters. The van der Waals surface area contributed by atoms with Gasteiger partial charge in [-0.1, -0.05) is 42.5 Å². The van der Waals surface area contributed by atoms with Crippen molar-refractivity contribution in [3.8, 4) is 5.75 Å². The van der Waals surface area contributed by atoms with E-state index in [1.54, 1.807) is 30.5 Å². The zero-order chi connectivity index (χ0) is 22.0. The van der Waals surface area contributed by atoms with Gasteiger partial charge in [-0.25, -0.2) is 8.42 Å². The number of benzene rings is 2. The Kier molecular flexibility index (Phi) is 6.09. The minimum atomic E-state index is -3.73. The van der Waals surface area contributed by atoms with Gasteiger partial charge in [0.2, 0.25) is 10.0 Å². The molecule has 0 spiro atoms. The van der Waals surface area contributed by atoms with Gasteiger partial charge >= 0.3 is 0 Å². The van der Waals surface area contributed by atoms with E-state index in [4.69, 9.17) is 4.74 Å². The summed E-state index contributed by atoms with van der Waals surface area (Å²) in [5.41, 5.74) is 2.08. The number of aliphatic hydroxyl groups excluding tert-OH is 1. The molecule has 0 saturated heterocycles. The van der Waals surface area contributed by atoms with Gasteiger partial charge in [-0.15, -0.1) is 0 Å². The van der Waals surface area contributed by atoms with Gasteiger partial charge < -0.3 is 9.84 Å². The largest absolute Gasteiger partial charge is 0.487 e. The van der Waals surface area contributed by atoms with Gasteiger partial charge in [-0.3, -0.25) is 4.98 Å². The third-order valence-electron chi connectivity index (χ3n) is 5.50. The van der Waals surface area contributed by atoms with Gasteiger partial charge in [0.1, 0.15) is 12.4 Å². The molecule has 2 heterocycles. The third-order valence-corrected chi connectivity index (χ3v) is 7.67. The van der Waals surface area contributed by atoms with Crippen LogP contribution in [-0.2, 0) is 23.1 Å². The third kappa shape index (κ3) is 4.21. The summed E-state index contributed by atoms with van der Waals surface area (Å²) in [6, 6.07) is 18.9. The molecule has 3 aromatic rings. The standard InChI is InChI=1S/C24H26N2O4S/c1-17(2)26-21(24(27)20-11-4-6-13-23(20)31(26,28)29)15-18-9-3-5-12-22(18)30-16-19-10-7-8-14-25-19/h3-14,17,21,24,27H,15-16H2,1-2H3/t21-,24-/m1/s1. The first-order chi connectivity index (χ1) is 14.9. The van der Waals surface area contributed by atoms with Crippen LogP contribution in [0.15, 0.2) is 77.8 Å². The molecule has 0 amide bonds. The average Bonchev–Trinajstić information content (AvgIpc) is 2.77. The molecular weight excluding hydrogens is 412 g/mol. The van der Waals surface area contributed by atoms with Crippen LogP contribution in [0.2, 0.25) is 0 Å². The number of nitrogens with zero attached hydrogens (tertiary/aromatic N) is 2. The van der Waals surface area contributed by atoms with E-state index < -0.39 is 22.2 Å². The number of hydrogen-bond acceptors (Lipinski definition) is 5. The van der Waals surface area contributed by atoms with Crippen molar-refractivity contribution in [1.82, 2.24) is 9.29 Å². The molecular formula is C24H26N2O4S. The Bertz CT molecular complexity index is 1150. The van der Waals surface area contributed by atoms with Crippen LogP contribution in [0.5, 0.6) is 5.75 Å². The van der Waals surface area contributed by atoms with E-state index >= 15 is 0 Å². The van der Waals surface area contributed by atoms with Crippen LogP contribution >= 0.6 is 0 Å². The fourth-order valence-corrected chi connectivity index (χ4v) is 6.20. The lowest BCUT2D eigenvalue weighted by Crippen LogP contribution is -2.52. The van der Waals surface area contributed by atoms with Gasteiger partial charge in [0.15, 0.2) is 0 Å². The topological polar surface area (TPSA) is 79.7 Å². The van der Waals surface area contributed by atoms with Crippen LogP contribution < -0.4 is 4.74 Å². The molecule has 162 valence electrons. The van der Waals surface area contributed by atoms with E-state index in [1.807, 2.05) is 56.3 Å². The molecule has 1 aliphatic heterocycles. The number of aromatic nitrogens is 1. The zero-order valence-electron chi connectivity index (χ0n) is 17.5. The summed E-state index contributed by atoms with van der Waals surface area (Å²) in [5, 5.41) is 11.2. The molecule has 31 heavy (non-hydrogen) atoms. The summed E-state index contributed by atoms with van der Waals surface area (Å²) >= 11 is 0. The van der Waals surface area contributed by atoms with E-state index in [0.29, 0.717) is 24.3 Å². The Balaban J connectivity index is 1.67. The molecule has 1 aromatic heterocycles. The van der Waals surface area contributed by atoms with E-state index in [0.717, 1.165) is 11.3 Å². The first kappa shape index (κ1) is 21.5. The summed E-state index contributed by atoms with van der Waals surface area (Å²) < 4.78 is 34.2. The molecule has 0 saturated carbocycles. The molecule has 0 fully saturated rings. The molecule has 6 nitrogen and oxygen atoms in total. The smallest absolute Gasteiger partial charge is 0.244 e. The lowest BCUT2D eigenvalue weighted by Gasteiger charge is -2.41. The number of ether oxygens (including phenoxy) is 1. The predicted octanol–water partition coefficient (Wildman–Crippen LogP) is 3.72. The van der Waals surface area contributed by atoms with E-state index in [2.05, 4.69) is 4.98 Å². The highest BCUT2D eigenvalue weighted by Crippen LogP contribution is 2.40. The second-order valence-electron chi connectivity index (χ2n) is 7.90. The molecule has 2 atom stereocenters. The molecule has 0 aliphatic carbocycles. The molecule has 0 bridgehead atoms. The summed E-state index contributed by atoms with van der Waals surface area (Å²) in [6.45, 7) is 3.96. The number of aliphatic hydroxyl groups is 1. The van der Waals surface area contributed by atoms with Crippen molar-refractivity contribution in [3.05, 3.63) is 89.7 Å². The Hall–Kier alpha value is -2.74. The minimum Gasteiger partial charge on any atom is -0.487 e. The van der Waals surface area contributed by atoms with Gasteiger partial charge in [-0.05, 0) is 50.1 Å². The lowest BCUT2D eigenvalue weighted by atomic mass is 9.94. The molecule has 0 radical (unpaired) electrons. The van der Waals surface area contributed by atoms with E-state index in [9.17, 15) is 13.5 Å². The summed E-state index contributed by atoms with van der Waals surface area (Å²) in [6.07, 6.45) is 1.10. The number of pyridine rings is 1. The van der Waals surface area contributed by atoms with Crippen LogP contribution in [0.1, 0.15) is 36.8 Å². The van der Waals surface area contributed by atoms with Crippen molar-refractivity contribution in [2.75, 3.05) is 0 Å². The number of rotatable bonds is 6. The Morgan fingerprint density at radius 1 is 1.03 bits per heavy atom. The number of hydrogen-bond donors (Lipinski definition) is 1. The highest BCUT2D eigenvalue weighted by atomic mass is 32.2. The monoisotopic (exact) mass is 438 g/mol. The molecule has 7 heteroatoms. The van der Waals surface area contributed by atoms with E-state index in [-0.39, 0.29) is 10.9 Å². The molecule has 1 aliphatic rings. The van der Waals surface area contributed by atoms with Crippen LogP contribution in [0, 0.1) is 0 Å². The van der Waals surface area contributed by atoms with Gasteiger partial charge in [0, 0.05) is 17.8 Å². The number of fused-ring (bicyclic) bond motifs is 1. The van der Waals surface area contributed by atoms with Crippen molar-refractivity contribution >= 4 is 10.0 Å². The fourth-order valence-electron chi connectivity index (χ4n) is 4.13. The van der Waals surface area contributed by atoms with Crippen LogP contribution in [0.4, 0.5) is 0 Å². The zero-order valence-corrected chi connectivity index (χ0v) is 18.4. The second kappa shape index (κ2) is 8.78. The van der Waals surface area contributed by atoms with Crippen molar-refractivity contribution in [3.63, 3.8) is 0 Å². The van der Waals surface area contributed by atoms with Crippen molar-refractivity contribution in [1.29, 1.82) is 0 Å². The Morgan fingerprint density at radius 2 is 1.74 bits per heavy atom.